The molecule has 1 aromatic heterocycles. The fourth-order valence-electron chi connectivity index (χ4n) is 3.16. The van der Waals surface area contributed by atoms with Gasteiger partial charge in [0.05, 0.1) is 10.1 Å². The van der Waals surface area contributed by atoms with Gasteiger partial charge in [-0.25, -0.2) is 8.42 Å². The van der Waals surface area contributed by atoms with E-state index < -0.39 is 9.84 Å². The van der Waals surface area contributed by atoms with E-state index in [9.17, 15) is 8.42 Å². The molecule has 3 heterocycles. The van der Waals surface area contributed by atoms with Crippen LogP contribution in [0.25, 0.3) is 11.1 Å². The summed E-state index contributed by atoms with van der Waals surface area (Å²) in [6, 6.07) is 7.84. The summed E-state index contributed by atoms with van der Waals surface area (Å²) in [4.78, 5) is 0.544. The van der Waals surface area contributed by atoms with Crippen LogP contribution < -0.4 is 5.32 Å². The minimum absolute atomic E-state index is 0.124. The van der Waals surface area contributed by atoms with E-state index in [-0.39, 0.29) is 11.2 Å². The van der Waals surface area contributed by atoms with Gasteiger partial charge < -0.3 is 5.32 Å². The van der Waals surface area contributed by atoms with Crippen molar-refractivity contribution >= 4 is 21.2 Å². The smallest absolute Gasteiger partial charge is 0.183 e. The summed E-state index contributed by atoms with van der Waals surface area (Å²) in [6.45, 7) is 1.35. The molecule has 0 aliphatic carbocycles. The minimum atomic E-state index is -3.13. The van der Waals surface area contributed by atoms with Gasteiger partial charge in [0.1, 0.15) is 0 Å². The minimum Gasteiger partial charge on any atom is -0.315 e. The number of fused-ring (bicyclic) bond motifs is 3. The van der Waals surface area contributed by atoms with Crippen molar-refractivity contribution in [2.45, 2.75) is 16.1 Å². The van der Waals surface area contributed by atoms with Crippen molar-refractivity contribution in [1.29, 1.82) is 0 Å². The van der Waals surface area contributed by atoms with Gasteiger partial charge in [-0.15, -0.1) is 0 Å². The average Bonchev–Trinajstić information content (AvgIpc) is 3.11. The summed E-state index contributed by atoms with van der Waals surface area (Å²) >= 11 is 1.66. The first-order valence-electron chi connectivity index (χ1n) is 6.29. The molecule has 0 amide bonds. The van der Waals surface area contributed by atoms with Gasteiger partial charge in [-0.3, -0.25) is 0 Å². The molecule has 4 rings (SSSR count). The maximum absolute atomic E-state index is 12.4. The van der Waals surface area contributed by atoms with Crippen LogP contribution >= 0.6 is 11.3 Å². The fourth-order valence-corrected chi connectivity index (χ4v) is 5.96. The van der Waals surface area contributed by atoms with Gasteiger partial charge in [0.15, 0.2) is 9.84 Å². The van der Waals surface area contributed by atoms with Crippen LogP contribution in [0.15, 0.2) is 39.9 Å². The molecular weight excluding hydrogens is 278 g/mol. The zero-order valence-corrected chi connectivity index (χ0v) is 11.8. The molecular formula is C14H13NO2S2. The number of sulfone groups is 1. The average molecular weight is 291 g/mol. The lowest BCUT2D eigenvalue weighted by atomic mass is 9.95. The molecule has 0 saturated carbocycles. The van der Waals surface area contributed by atoms with Crippen molar-refractivity contribution in [2.75, 3.05) is 13.1 Å². The molecule has 2 aliphatic heterocycles. The van der Waals surface area contributed by atoms with Gasteiger partial charge in [0, 0.05) is 19.0 Å². The number of hydrogen-bond donors (Lipinski definition) is 1. The molecule has 2 aliphatic rings. The summed E-state index contributed by atoms with van der Waals surface area (Å²) < 4.78 is 24.9. The van der Waals surface area contributed by atoms with Crippen LogP contribution in [0.2, 0.25) is 0 Å². The van der Waals surface area contributed by atoms with E-state index in [0.717, 1.165) is 17.7 Å². The lowest BCUT2D eigenvalue weighted by molar-refractivity contribution is 0.587. The third-order valence-corrected chi connectivity index (χ3v) is 7.09. The SMILES string of the molecule is O=S1(=O)c2ccc(-c3ccsc3)cc2[C@H]2CNC[C@@H]21. The van der Waals surface area contributed by atoms with Crippen LogP contribution in [-0.4, -0.2) is 26.8 Å². The maximum atomic E-state index is 12.4. The highest BCUT2D eigenvalue weighted by Gasteiger charge is 2.47. The Morgan fingerprint density at radius 3 is 2.84 bits per heavy atom. The fraction of sp³-hybridized carbons (Fsp3) is 0.286. The molecule has 1 aromatic carbocycles. The van der Waals surface area contributed by atoms with E-state index >= 15 is 0 Å². The van der Waals surface area contributed by atoms with E-state index in [4.69, 9.17) is 0 Å². The quantitative estimate of drug-likeness (QED) is 0.876. The number of hydrogen-bond acceptors (Lipinski definition) is 4. The third-order valence-electron chi connectivity index (χ3n) is 4.13. The van der Waals surface area contributed by atoms with Gasteiger partial charge in [-0.05, 0) is 45.6 Å². The van der Waals surface area contributed by atoms with Crippen molar-refractivity contribution in [1.82, 2.24) is 5.32 Å². The van der Waals surface area contributed by atoms with Gasteiger partial charge in [0.2, 0.25) is 0 Å². The Hall–Kier alpha value is -1.17. The number of thiophene rings is 1. The molecule has 0 radical (unpaired) electrons. The molecule has 1 saturated heterocycles. The molecule has 0 spiro atoms. The lowest BCUT2D eigenvalue weighted by Crippen LogP contribution is -2.22. The highest BCUT2D eigenvalue weighted by Crippen LogP contribution is 2.43. The Labute approximate surface area is 116 Å². The molecule has 5 heteroatoms. The van der Waals surface area contributed by atoms with Gasteiger partial charge in [-0.2, -0.15) is 11.3 Å². The predicted octanol–water partition coefficient (Wildman–Crippen LogP) is 2.26. The summed E-state index contributed by atoms with van der Waals surface area (Å²) in [5.41, 5.74) is 3.28. The number of rotatable bonds is 1. The Bertz CT molecular complexity index is 735. The number of benzene rings is 1. The van der Waals surface area contributed by atoms with E-state index in [1.165, 1.54) is 5.56 Å². The molecule has 98 valence electrons. The first-order chi connectivity index (χ1) is 9.18. The Kier molecular flexibility index (Phi) is 2.40. The largest absolute Gasteiger partial charge is 0.315 e. The zero-order chi connectivity index (χ0) is 13.0. The second-order valence-corrected chi connectivity index (χ2v) is 8.03. The first-order valence-corrected chi connectivity index (χ1v) is 8.78. The highest BCUT2D eigenvalue weighted by atomic mass is 32.2. The second kappa shape index (κ2) is 3.91. The summed E-state index contributed by atoms with van der Waals surface area (Å²) in [5, 5.41) is 7.07. The third kappa shape index (κ3) is 1.55. The molecule has 1 N–H and O–H groups in total. The van der Waals surface area contributed by atoms with Gasteiger partial charge >= 0.3 is 0 Å². The summed E-state index contributed by atoms with van der Waals surface area (Å²) in [6.07, 6.45) is 0. The number of nitrogens with one attached hydrogen (secondary N) is 1. The van der Waals surface area contributed by atoms with E-state index in [0.29, 0.717) is 11.4 Å². The van der Waals surface area contributed by atoms with Crippen molar-refractivity contribution < 1.29 is 8.42 Å². The Morgan fingerprint density at radius 1 is 1.16 bits per heavy atom. The molecule has 1 fully saturated rings. The van der Waals surface area contributed by atoms with Crippen LogP contribution in [0.1, 0.15) is 11.5 Å². The van der Waals surface area contributed by atoms with Crippen LogP contribution in [0.5, 0.6) is 0 Å². The van der Waals surface area contributed by atoms with Crippen LogP contribution in [0, 0.1) is 0 Å². The molecule has 0 unspecified atom stereocenters. The molecule has 2 atom stereocenters. The van der Waals surface area contributed by atoms with Crippen molar-refractivity contribution in [3.63, 3.8) is 0 Å². The Balaban J connectivity index is 1.92. The van der Waals surface area contributed by atoms with E-state index in [1.807, 2.05) is 11.4 Å². The molecule has 3 nitrogen and oxygen atoms in total. The topological polar surface area (TPSA) is 46.2 Å². The van der Waals surface area contributed by atoms with Crippen LogP contribution in [0.3, 0.4) is 0 Å². The van der Waals surface area contributed by atoms with E-state index in [2.05, 4.69) is 22.8 Å². The standard InChI is InChI=1S/C14H13NO2S2/c16-19(17)13-2-1-9(10-3-4-18-8-10)5-11(13)12-6-15-7-14(12)19/h1-5,8,12,14-15H,6-7H2/t12-,14+/m1/s1. The van der Waals surface area contributed by atoms with Crippen molar-refractivity contribution in [3.8, 4) is 11.1 Å². The van der Waals surface area contributed by atoms with E-state index in [1.54, 1.807) is 17.4 Å². The normalized spacial score (nSPS) is 27.2. The van der Waals surface area contributed by atoms with Crippen molar-refractivity contribution in [3.05, 3.63) is 40.6 Å². The first kappa shape index (κ1) is 11.6. The Morgan fingerprint density at radius 2 is 2.05 bits per heavy atom. The van der Waals surface area contributed by atoms with Gasteiger partial charge in [-0.1, -0.05) is 6.07 Å². The zero-order valence-electron chi connectivity index (χ0n) is 10.2. The van der Waals surface area contributed by atoms with Crippen LogP contribution in [-0.2, 0) is 9.84 Å². The molecule has 2 aromatic rings. The predicted molar refractivity (Wildman–Crippen MR) is 76.3 cm³/mol. The van der Waals surface area contributed by atoms with Gasteiger partial charge in [0.25, 0.3) is 0 Å². The molecule has 0 bridgehead atoms. The second-order valence-electron chi connectivity index (χ2n) is 5.11. The highest BCUT2D eigenvalue weighted by molar-refractivity contribution is 7.92. The monoisotopic (exact) mass is 291 g/mol. The van der Waals surface area contributed by atoms with Crippen LogP contribution in [0.4, 0.5) is 0 Å². The van der Waals surface area contributed by atoms with Crippen molar-refractivity contribution in [2.24, 2.45) is 0 Å². The summed E-state index contributed by atoms with van der Waals surface area (Å²) in [5.74, 6) is 0.124. The molecule has 19 heavy (non-hydrogen) atoms. The maximum Gasteiger partial charge on any atom is 0.183 e. The summed E-state index contributed by atoms with van der Waals surface area (Å²) in [7, 11) is -3.13. The lowest BCUT2D eigenvalue weighted by Gasteiger charge is -2.07.